The molecule has 2 rings (SSSR count). The number of halogens is 1. The SMILES string of the molecule is CC[C@H](C)NC(=O)[C@@H](C)N(Cc1ccc(F)cc1)C(=O)CSCc1cc(C)cc(C)c1. The Morgan fingerprint density at radius 2 is 1.65 bits per heavy atom. The summed E-state index contributed by atoms with van der Waals surface area (Å²) in [6.07, 6.45) is 0.816. The Balaban J connectivity index is 2.08. The van der Waals surface area contributed by atoms with Crippen LogP contribution in [0.1, 0.15) is 49.4 Å². The Morgan fingerprint density at radius 1 is 1.03 bits per heavy atom. The summed E-state index contributed by atoms with van der Waals surface area (Å²) in [6, 6.07) is 11.8. The van der Waals surface area contributed by atoms with Gasteiger partial charge in [-0.1, -0.05) is 48.4 Å². The zero-order chi connectivity index (χ0) is 23.0. The summed E-state index contributed by atoms with van der Waals surface area (Å²) >= 11 is 1.54. The molecule has 168 valence electrons. The van der Waals surface area contributed by atoms with Crippen molar-refractivity contribution in [2.45, 2.75) is 65.4 Å². The van der Waals surface area contributed by atoms with Crippen molar-refractivity contribution in [2.75, 3.05) is 5.75 Å². The molecule has 2 aromatic carbocycles. The Morgan fingerprint density at radius 3 is 2.23 bits per heavy atom. The van der Waals surface area contributed by atoms with Crippen molar-refractivity contribution in [1.82, 2.24) is 10.2 Å². The Hall–Kier alpha value is -2.34. The van der Waals surface area contributed by atoms with Gasteiger partial charge in [-0.3, -0.25) is 9.59 Å². The van der Waals surface area contributed by atoms with Gasteiger partial charge in [-0.15, -0.1) is 11.8 Å². The number of nitrogens with zero attached hydrogens (tertiary/aromatic N) is 1. The van der Waals surface area contributed by atoms with E-state index in [-0.39, 0.29) is 36.0 Å². The van der Waals surface area contributed by atoms with Crippen molar-refractivity contribution in [3.63, 3.8) is 0 Å². The summed E-state index contributed by atoms with van der Waals surface area (Å²) in [5.74, 6) is 0.393. The Labute approximate surface area is 189 Å². The predicted octanol–water partition coefficient (Wildman–Crippen LogP) is 5.01. The van der Waals surface area contributed by atoms with Gasteiger partial charge in [-0.2, -0.15) is 0 Å². The molecule has 0 saturated heterocycles. The van der Waals surface area contributed by atoms with Crippen molar-refractivity contribution in [3.8, 4) is 0 Å². The average Bonchev–Trinajstić information content (AvgIpc) is 2.71. The molecule has 0 bridgehead atoms. The molecule has 0 aliphatic heterocycles. The standard InChI is InChI=1S/C25H33FN2O2S/c1-6-19(4)27-25(30)20(5)28(14-21-7-9-23(26)10-8-21)24(29)16-31-15-22-12-17(2)11-18(3)13-22/h7-13,19-20H,6,14-16H2,1-5H3,(H,27,30)/t19-,20+/m0/s1. The van der Waals surface area contributed by atoms with Gasteiger partial charge in [0.25, 0.3) is 0 Å². The first-order chi connectivity index (χ1) is 14.7. The minimum absolute atomic E-state index is 0.0386. The van der Waals surface area contributed by atoms with Crippen LogP contribution in [0.3, 0.4) is 0 Å². The molecule has 2 aromatic rings. The van der Waals surface area contributed by atoms with Crippen molar-refractivity contribution in [2.24, 2.45) is 0 Å². The third kappa shape index (κ3) is 8.02. The second-order valence-electron chi connectivity index (χ2n) is 8.13. The summed E-state index contributed by atoms with van der Waals surface area (Å²) in [4.78, 5) is 27.4. The van der Waals surface area contributed by atoms with E-state index in [1.165, 1.54) is 40.6 Å². The first-order valence-corrected chi connectivity index (χ1v) is 11.8. The summed E-state index contributed by atoms with van der Waals surface area (Å²) in [5.41, 5.74) is 4.38. The van der Waals surface area contributed by atoms with Crippen LogP contribution in [0.25, 0.3) is 0 Å². The van der Waals surface area contributed by atoms with Crippen molar-refractivity contribution in [1.29, 1.82) is 0 Å². The molecule has 0 unspecified atom stereocenters. The lowest BCUT2D eigenvalue weighted by Crippen LogP contribution is -2.50. The van der Waals surface area contributed by atoms with Crippen LogP contribution in [0.2, 0.25) is 0 Å². The quantitative estimate of drug-likeness (QED) is 0.561. The van der Waals surface area contributed by atoms with Crippen LogP contribution < -0.4 is 5.32 Å². The fourth-order valence-corrected chi connectivity index (χ4v) is 4.17. The first-order valence-electron chi connectivity index (χ1n) is 10.7. The molecule has 6 heteroatoms. The minimum atomic E-state index is -0.617. The van der Waals surface area contributed by atoms with Gasteiger partial charge in [0.2, 0.25) is 11.8 Å². The number of amides is 2. The number of carbonyl (C=O) groups is 2. The molecule has 4 nitrogen and oxygen atoms in total. The highest BCUT2D eigenvalue weighted by Crippen LogP contribution is 2.18. The summed E-state index contributed by atoms with van der Waals surface area (Å²) in [6.45, 7) is 10.1. The minimum Gasteiger partial charge on any atom is -0.352 e. The third-order valence-corrected chi connectivity index (χ3v) is 6.20. The van der Waals surface area contributed by atoms with E-state index in [9.17, 15) is 14.0 Å². The van der Waals surface area contributed by atoms with Gasteiger partial charge < -0.3 is 10.2 Å². The summed E-state index contributed by atoms with van der Waals surface area (Å²) < 4.78 is 13.3. The fraction of sp³-hybridized carbons (Fsp3) is 0.440. The molecule has 0 heterocycles. The topological polar surface area (TPSA) is 49.4 Å². The van der Waals surface area contributed by atoms with Gasteiger partial charge in [-0.25, -0.2) is 4.39 Å². The van der Waals surface area contributed by atoms with E-state index >= 15 is 0 Å². The van der Waals surface area contributed by atoms with E-state index in [0.717, 1.165) is 17.7 Å². The van der Waals surface area contributed by atoms with Gasteiger partial charge in [-0.05, 0) is 57.4 Å². The lowest BCUT2D eigenvalue weighted by atomic mass is 10.1. The molecular weight excluding hydrogens is 411 g/mol. The molecule has 1 N–H and O–H groups in total. The molecule has 0 aliphatic carbocycles. The maximum atomic E-state index is 13.3. The van der Waals surface area contributed by atoms with E-state index < -0.39 is 6.04 Å². The van der Waals surface area contributed by atoms with Gasteiger partial charge in [0.1, 0.15) is 11.9 Å². The van der Waals surface area contributed by atoms with Crippen LogP contribution in [0.15, 0.2) is 42.5 Å². The second-order valence-corrected chi connectivity index (χ2v) is 9.12. The molecule has 0 saturated carbocycles. The highest BCUT2D eigenvalue weighted by molar-refractivity contribution is 7.99. The fourth-order valence-electron chi connectivity index (χ4n) is 3.33. The van der Waals surface area contributed by atoms with Gasteiger partial charge in [0.15, 0.2) is 0 Å². The Bertz CT molecular complexity index is 865. The van der Waals surface area contributed by atoms with Crippen molar-refractivity contribution in [3.05, 3.63) is 70.5 Å². The van der Waals surface area contributed by atoms with Crippen LogP contribution in [0.4, 0.5) is 4.39 Å². The number of thioether (sulfide) groups is 1. The van der Waals surface area contributed by atoms with E-state index in [2.05, 4.69) is 37.4 Å². The normalized spacial score (nSPS) is 12.8. The van der Waals surface area contributed by atoms with E-state index in [4.69, 9.17) is 0 Å². The maximum Gasteiger partial charge on any atom is 0.242 e. The highest BCUT2D eigenvalue weighted by Gasteiger charge is 2.26. The van der Waals surface area contributed by atoms with Crippen molar-refractivity contribution < 1.29 is 14.0 Å². The molecule has 0 radical (unpaired) electrons. The lowest BCUT2D eigenvalue weighted by Gasteiger charge is -2.29. The summed E-state index contributed by atoms with van der Waals surface area (Å²) in [7, 11) is 0. The van der Waals surface area contributed by atoms with Crippen molar-refractivity contribution >= 4 is 23.6 Å². The van der Waals surface area contributed by atoms with E-state index in [1.807, 2.05) is 13.8 Å². The van der Waals surface area contributed by atoms with Crippen LogP contribution in [0, 0.1) is 19.7 Å². The molecule has 0 aliphatic rings. The smallest absolute Gasteiger partial charge is 0.242 e. The number of rotatable bonds is 10. The van der Waals surface area contributed by atoms with Crippen LogP contribution in [-0.4, -0.2) is 34.6 Å². The van der Waals surface area contributed by atoms with Gasteiger partial charge in [0.05, 0.1) is 5.75 Å². The molecular formula is C25H33FN2O2S. The highest BCUT2D eigenvalue weighted by atomic mass is 32.2. The predicted molar refractivity (Wildman–Crippen MR) is 126 cm³/mol. The van der Waals surface area contributed by atoms with Crippen LogP contribution in [-0.2, 0) is 21.9 Å². The first kappa shape index (κ1) is 24.9. The monoisotopic (exact) mass is 444 g/mol. The molecule has 2 atom stereocenters. The molecule has 2 amide bonds. The summed E-state index contributed by atoms with van der Waals surface area (Å²) in [5, 5.41) is 2.95. The number of benzene rings is 2. The number of carbonyl (C=O) groups excluding carboxylic acids is 2. The number of nitrogens with one attached hydrogen (secondary N) is 1. The zero-order valence-corrected chi connectivity index (χ0v) is 19.9. The lowest BCUT2D eigenvalue weighted by molar-refractivity contribution is -0.138. The third-order valence-electron chi connectivity index (χ3n) is 5.21. The average molecular weight is 445 g/mol. The zero-order valence-electron chi connectivity index (χ0n) is 19.1. The number of hydrogen-bond acceptors (Lipinski definition) is 3. The molecule has 31 heavy (non-hydrogen) atoms. The molecule has 0 fully saturated rings. The molecule has 0 spiro atoms. The van der Waals surface area contributed by atoms with Gasteiger partial charge >= 0.3 is 0 Å². The van der Waals surface area contributed by atoms with Crippen LogP contribution >= 0.6 is 11.8 Å². The largest absolute Gasteiger partial charge is 0.352 e. The van der Waals surface area contributed by atoms with E-state index in [1.54, 1.807) is 24.0 Å². The number of aryl methyl sites for hydroxylation is 2. The van der Waals surface area contributed by atoms with E-state index in [0.29, 0.717) is 0 Å². The maximum absolute atomic E-state index is 13.3. The second kappa shape index (κ2) is 11.9. The molecule has 0 aromatic heterocycles. The number of hydrogen-bond donors (Lipinski definition) is 1. The Kier molecular flexibility index (Phi) is 9.56. The van der Waals surface area contributed by atoms with Gasteiger partial charge in [0, 0.05) is 18.3 Å². The van der Waals surface area contributed by atoms with Crippen LogP contribution in [0.5, 0.6) is 0 Å².